The maximum absolute atomic E-state index is 12.5. The van der Waals surface area contributed by atoms with Crippen molar-refractivity contribution in [3.63, 3.8) is 0 Å². The van der Waals surface area contributed by atoms with Gasteiger partial charge in [-0.3, -0.25) is 9.59 Å². The Morgan fingerprint density at radius 3 is 2.85 bits per heavy atom. The number of nitrogens with zero attached hydrogens (tertiary/aromatic N) is 2. The molecule has 2 aliphatic heterocycles. The third-order valence-corrected chi connectivity index (χ3v) is 4.91. The van der Waals surface area contributed by atoms with E-state index in [1.165, 1.54) is 0 Å². The van der Waals surface area contributed by atoms with Gasteiger partial charge in [-0.15, -0.1) is 0 Å². The number of hydrogen-bond acceptors (Lipinski definition) is 4. The van der Waals surface area contributed by atoms with E-state index in [-0.39, 0.29) is 30.4 Å². The summed E-state index contributed by atoms with van der Waals surface area (Å²) < 4.78 is 5.46. The van der Waals surface area contributed by atoms with Crippen LogP contribution in [0.15, 0.2) is 24.3 Å². The SMILES string of the molecule is CCOc1ccccc1C(=O)NCC(=O)N1CCCC(N2CCNC2=O)C1. The highest BCUT2D eigenvalue weighted by molar-refractivity contribution is 5.98. The number of rotatable bonds is 6. The van der Waals surface area contributed by atoms with Gasteiger partial charge < -0.3 is 25.2 Å². The zero-order valence-electron chi connectivity index (χ0n) is 15.6. The summed E-state index contributed by atoms with van der Waals surface area (Å²) in [5.41, 5.74) is 0.414. The molecule has 2 heterocycles. The lowest BCUT2D eigenvalue weighted by atomic mass is 10.0. The van der Waals surface area contributed by atoms with Crippen LogP contribution in [0.5, 0.6) is 5.75 Å². The standard InChI is InChI=1S/C19H26N4O4/c1-2-27-16-8-4-3-7-15(16)18(25)21-12-17(24)22-10-5-6-14(13-22)23-11-9-20-19(23)26/h3-4,7-8,14H,2,5-6,9-13H2,1H3,(H,20,26)(H,21,25). The molecule has 0 aromatic heterocycles. The molecule has 0 spiro atoms. The summed E-state index contributed by atoms with van der Waals surface area (Å²) in [5, 5.41) is 5.48. The maximum atomic E-state index is 12.5. The van der Waals surface area contributed by atoms with Crippen LogP contribution in [0, 0.1) is 0 Å². The first-order valence-electron chi connectivity index (χ1n) is 9.42. The summed E-state index contributed by atoms with van der Waals surface area (Å²) in [6.45, 7) is 4.73. The van der Waals surface area contributed by atoms with Crippen LogP contribution < -0.4 is 15.4 Å². The third-order valence-electron chi connectivity index (χ3n) is 4.91. The molecular weight excluding hydrogens is 348 g/mol. The van der Waals surface area contributed by atoms with E-state index >= 15 is 0 Å². The Kier molecular flexibility index (Phi) is 6.16. The van der Waals surface area contributed by atoms with Crippen molar-refractivity contribution in [3.8, 4) is 5.75 Å². The fourth-order valence-corrected chi connectivity index (χ4v) is 3.57. The molecule has 1 unspecified atom stereocenters. The Bertz CT molecular complexity index is 709. The number of hydrogen-bond donors (Lipinski definition) is 2. The molecule has 0 bridgehead atoms. The average Bonchev–Trinajstić information content (AvgIpc) is 3.12. The Morgan fingerprint density at radius 2 is 2.11 bits per heavy atom. The van der Waals surface area contributed by atoms with Crippen LogP contribution in [0.4, 0.5) is 4.79 Å². The van der Waals surface area contributed by atoms with Gasteiger partial charge in [0.2, 0.25) is 5.91 Å². The molecule has 0 radical (unpaired) electrons. The van der Waals surface area contributed by atoms with Crippen molar-refractivity contribution in [1.29, 1.82) is 0 Å². The Labute approximate surface area is 158 Å². The predicted octanol–water partition coefficient (Wildman–Crippen LogP) is 0.831. The molecule has 27 heavy (non-hydrogen) atoms. The quantitative estimate of drug-likeness (QED) is 0.772. The van der Waals surface area contributed by atoms with E-state index in [4.69, 9.17) is 4.74 Å². The lowest BCUT2D eigenvalue weighted by Gasteiger charge is -2.37. The number of para-hydroxylation sites is 1. The van der Waals surface area contributed by atoms with Gasteiger partial charge in [-0.1, -0.05) is 12.1 Å². The second-order valence-corrected chi connectivity index (χ2v) is 6.67. The van der Waals surface area contributed by atoms with Crippen LogP contribution in [0.25, 0.3) is 0 Å². The zero-order valence-corrected chi connectivity index (χ0v) is 15.6. The lowest BCUT2D eigenvalue weighted by molar-refractivity contribution is -0.132. The normalized spacial score (nSPS) is 19.6. The Balaban J connectivity index is 1.54. The van der Waals surface area contributed by atoms with Gasteiger partial charge in [-0.25, -0.2) is 4.79 Å². The minimum atomic E-state index is -0.333. The summed E-state index contributed by atoms with van der Waals surface area (Å²) in [7, 11) is 0. The molecular formula is C19H26N4O4. The largest absolute Gasteiger partial charge is 0.493 e. The van der Waals surface area contributed by atoms with Crippen LogP contribution in [0.3, 0.4) is 0 Å². The van der Waals surface area contributed by atoms with Crippen LogP contribution in [-0.2, 0) is 4.79 Å². The van der Waals surface area contributed by atoms with E-state index in [0.717, 1.165) is 12.8 Å². The molecule has 1 aromatic carbocycles. The predicted molar refractivity (Wildman–Crippen MR) is 99.7 cm³/mol. The Morgan fingerprint density at radius 1 is 1.30 bits per heavy atom. The number of amides is 4. The summed E-state index contributed by atoms with van der Waals surface area (Å²) >= 11 is 0. The van der Waals surface area contributed by atoms with Crippen molar-refractivity contribution >= 4 is 17.8 Å². The van der Waals surface area contributed by atoms with Gasteiger partial charge in [0.25, 0.3) is 5.91 Å². The first-order valence-corrected chi connectivity index (χ1v) is 9.42. The van der Waals surface area contributed by atoms with Crippen molar-refractivity contribution in [2.24, 2.45) is 0 Å². The van der Waals surface area contributed by atoms with E-state index in [0.29, 0.717) is 44.1 Å². The summed E-state index contributed by atoms with van der Waals surface area (Å²) in [6.07, 6.45) is 1.74. The number of urea groups is 1. The molecule has 2 N–H and O–H groups in total. The van der Waals surface area contributed by atoms with Crippen molar-refractivity contribution in [3.05, 3.63) is 29.8 Å². The van der Waals surface area contributed by atoms with Gasteiger partial charge >= 0.3 is 6.03 Å². The molecule has 1 atom stereocenters. The number of nitrogens with one attached hydrogen (secondary N) is 2. The van der Waals surface area contributed by atoms with Crippen LogP contribution in [0.1, 0.15) is 30.1 Å². The molecule has 0 saturated carbocycles. The summed E-state index contributed by atoms with van der Waals surface area (Å²) in [5.74, 6) is 0.0319. The van der Waals surface area contributed by atoms with E-state index in [9.17, 15) is 14.4 Å². The molecule has 2 saturated heterocycles. The summed E-state index contributed by atoms with van der Waals surface area (Å²) in [4.78, 5) is 40.4. The van der Waals surface area contributed by atoms with Gasteiger partial charge in [-0.2, -0.15) is 0 Å². The highest BCUT2D eigenvalue weighted by Crippen LogP contribution is 2.19. The molecule has 0 aliphatic carbocycles. The molecule has 146 valence electrons. The highest BCUT2D eigenvalue weighted by atomic mass is 16.5. The van der Waals surface area contributed by atoms with Crippen molar-refractivity contribution in [2.45, 2.75) is 25.8 Å². The lowest BCUT2D eigenvalue weighted by Crippen LogP contribution is -2.52. The maximum Gasteiger partial charge on any atom is 0.317 e. The number of carbonyl (C=O) groups excluding carboxylic acids is 3. The fourth-order valence-electron chi connectivity index (χ4n) is 3.57. The van der Waals surface area contributed by atoms with Crippen LogP contribution >= 0.6 is 0 Å². The molecule has 1 aromatic rings. The monoisotopic (exact) mass is 374 g/mol. The summed E-state index contributed by atoms with van der Waals surface area (Å²) in [6, 6.07) is 6.95. The minimum Gasteiger partial charge on any atom is -0.493 e. The van der Waals surface area contributed by atoms with Gasteiger partial charge in [0, 0.05) is 26.2 Å². The molecule has 4 amide bonds. The van der Waals surface area contributed by atoms with Crippen molar-refractivity contribution in [2.75, 3.05) is 39.3 Å². The van der Waals surface area contributed by atoms with E-state index in [1.807, 2.05) is 6.92 Å². The second-order valence-electron chi connectivity index (χ2n) is 6.67. The average molecular weight is 374 g/mol. The van der Waals surface area contributed by atoms with Crippen molar-refractivity contribution < 1.29 is 19.1 Å². The van der Waals surface area contributed by atoms with E-state index in [1.54, 1.807) is 34.1 Å². The minimum absolute atomic E-state index is 0.0413. The number of ether oxygens (including phenoxy) is 1. The van der Waals surface area contributed by atoms with Gasteiger partial charge in [0.05, 0.1) is 24.8 Å². The zero-order chi connectivity index (χ0) is 19.2. The van der Waals surface area contributed by atoms with Gasteiger partial charge in [0.15, 0.2) is 0 Å². The number of benzene rings is 1. The molecule has 2 fully saturated rings. The topological polar surface area (TPSA) is 91.0 Å². The highest BCUT2D eigenvalue weighted by Gasteiger charge is 2.32. The van der Waals surface area contributed by atoms with Crippen LogP contribution in [-0.4, -0.2) is 73.0 Å². The first kappa shape index (κ1) is 19.0. The number of likely N-dealkylation sites (tertiary alicyclic amines) is 1. The van der Waals surface area contributed by atoms with E-state index in [2.05, 4.69) is 10.6 Å². The Hall–Kier alpha value is -2.77. The van der Waals surface area contributed by atoms with Gasteiger partial charge in [-0.05, 0) is 31.9 Å². The van der Waals surface area contributed by atoms with Crippen LogP contribution in [0.2, 0.25) is 0 Å². The first-order chi connectivity index (χ1) is 13.1. The third kappa shape index (κ3) is 4.50. The smallest absolute Gasteiger partial charge is 0.317 e. The number of piperidine rings is 1. The fraction of sp³-hybridized carbons (Fsp3) is 0.526. The molecule has 3 rings (SSSR count). The van der Waals surface area contributed by atoms with E-state index < -0.39 is 0 Å². The van der Waals surface area contributed by atoms with Gasteiger partial charge in [0.1, 0.15) is 5.75 Å². The molecule has 8 nitrogen and oxygen atoms in total. The second kappa shape index (κ2) is 8.75. The van der Waals surface area contributed by atoms with Crippen molar-refractivity contribution in [1.82, 2.24) is 20.4 Å². The molecule has 8 heteroatoms. The number of carbonyl (C=O) groups is 3. The molecule has 2 aliphatic rings.